The van der Waals surface area contributed by atoms with E-state index < -0.39 is 10.0 Å². The van der Waals surface area contributed by atoms with E-state index in [2.05, 4.69) is 5.32 Å². The molecule has 1 atom stereocenters. The standard InChI is InChI=1S/C15H19N3O4S/c1-18(11-15(19)17-10-13-3-2-8-22-13)23(20,21)14-6-4-12(9-16)5-7-14/h4-7,13H,2-3,8,10-11H2,1H3,(H,17,19)/t13-/m0/s1. The van der Waals surface area contributed by atoms with Gasteiger partial charge in [-0.2, -0.15) is 9.57 Å². The minimum absolute atomic E-state index is 0.0133. The smallest absolute Gasteiger partial charge is 0.243 e. The number of likely N-dealkylation sites (N-methyl/N-ethyl adjacent to an activating group) is 1. The predicted octanol–water partition coefficient (Wildman–Crippen LogP) is 0.474. The van der Waals surface area contributed by atoms with E-state index in [-0.39, 0.29) is 23.5 Å². The summed E-state index contributed by atoms with van der Waals surface area (Å²) in [5, 5.41) is 11.4. The number of amides is 1. The number of nitrogens with one attached hydrogen (secondary N) is 1. The molecule has 1 aliphatic rings. The van der Waals surface area contributed by atoms with Crippen molar-refractivity contribution in [1.82, 2.24) is 9.62 Å². The van der Waals surface area contributed by atoms with Gasteiger partial charge in [0, 0.05) is 20.2 Å². The molecule has 1 aromatic rings. The number of carbonyl (C=O) groups excluding carboxylic acids is 1. The highest BCUT2D eigenvalue weighted by Gasteiger charge is 2.23. The number of ether oxygens (including phenoxy) is 1. The highest BCUT2D eigenvalue weighted by atomic mass is 32.2. The lowest BCUT2D eigenvalue weighted by Crippen LogP contribution is -2.40. The van der Waals surface area contributed by atoms with E-state index in [1.54, 1.807) is 0 Å². The van der Waals surface area contributed by atoms with Crippen LogP contribution in [0.25, 0.3) is 0 Å². The first-order valence-corrected chi connectivity index (χ1v) is 8.72. The van der Waals surface area contributed by atoms with Crippen LogP contribution in [0, 0.1) is 11.3 Å². The molecule has 23 heavy (non-hydrogen) atoms. The molecule has 124 valence electrons. The fourth-order valence-corrected chi connectivity index (χ4v) is 3.38. The fraction of sp³-hybridized carbons (Fsp3) is 0.467. The maximum absolute atomic E-state index is 12.4. The summed E-state index contributed by atoms with van der Waals surface area (Å²) in [4.78, 5) is 11.9. The number of nitrogens with zero attached hydrogens (tertiary/aromatic N) is 2. The zero-order valence-electron chi connectivity index (χ0n) is 12.9. The zero-order valence-corrected chi connectivity index (χ0v) is 13.7. The number of benzene rings is 1. The van der Waals surface area contributed by atoms with Gasteiger partial charge in [0.1, 0.15) is 0 Å². The van der Waals surface area contributed by atoms with E-state index in [9.17, 15) is 13.2 Å². The van der Waals surface area contributed by atoms with Crippen LogP contribution in [0.3, 0.4) is 0 Å². The van der Waals surface area contributed by atoms with Crippen molar-refractivity contribution in [2.75, 3.05) is 26.7 Å². The zero-order chi connectivity index (χ0) is 16.9. The maximum Gasteiger partial charge on any atom is 0.243 e. The summed E-state index contributed by atoms with van der Waals surface area (Å²) in [7, 11) is -2.42. The molecule has 0 spiro atoms. The van der Waals surface area contributed by atoms with Crippen LogP contribution in [0.4, 0.5) is 0 Å². The number of nitriles is 1. The average Bonchev–Trinajstić information content (AvgIpc) is 3.06. The highest BCUT2D eigenvalue weighted by Crippen LogP contribution is 2.15. The summed E-state index contributed by atoms with van der Waals surface area (Å²) in [6.07, 6.45) is 1.90. The first-order valence-electron chi connectivity index (χ1n) is 7.28. The Morgan fingerprint density at radius 2 is 2.13 bits per heavy atom. The van der Waals surface area contributed by atoms with Crippen molar-refractivity contribution >= 4 is 15.9 Å². The second-order valence-corrected chi connectivity index (χ2v) is 7.38. The van der Waals surface area contributed by atoms with E-state index in [0.29, 0.717) is 18.7 Å². The molecule has 0 radical (unpaired) electrons. The maximum atomic E-state index is 12.4. The Bertz CT molecular complexity index is 688. The second-order valence-electron chi connectivity index (χ2n) is 5.34. The van der Waals surface area contributed by atoms with E-state index in [1.165, 1.54) is 31.3 Å². The van der Waals surface area contributed by atoms with E-state index in [0.717, 1.165) is 17.1 Å². The SMILES string of the molecule is CN(CC(=O)NC[C@@H]1CCCO1)S(=O)(=O)c1ccc(C#N)cc1. The Hall–Kier alpha value is -1.95. The van der Waals surface area contributed by atoms with Gasteiger partial charge in [-0.1, -0.05) is 0 Å². The minimum Gasteiger partial charge on any atom is -0.376 e. The third-order valence-electron chi connectivity index (χ3n) is 3.61. The lowest BCUT2D eigenvalue weighted by Gasteiger charge is -2.17. The van der Waals surface area contributed by atoms with Gasteiger partial charge in [-0.25, -0.2) is 8.42 Å². The summed E-state index contributed by atoms with van der Waals surface area (Å²) in [6.45, 7) is 0.826. The fourth-order valence-electron chi connectivity index (χ4n) is 2.26. The molecule has 1 aliphatic heterocycles. The Morgan fingerprint density at radius 1 is 1.43 bits per heavy atom. The summed E-state index contributed by atoms with van der Waals surface area (Å²) >= 11 is 0. The molecule has 1 saturated heterocycles. The van der Waals surface area contributed by atoms with Gasteiger partial charge in [0.05, 0.1) is 29.2 Å². The van der Waals surface area contributed by atoms with Gasteiger partial charge in [0.25, 0.3) is 0 Å². The van der Waals surface area contributed by atoms with Gasteiger partial charge >= 0.3 is 0 Å². The van der Waals surface area contributed by atoms with Gasteiger partial charge in [0.2, 0.25) is 15.9 Å². The van der Waals surface area contributed by atoms with Crippen molar-refractivity contribution in [3.63, 3.8) is 0 Å². The van der Waals surface area contributed by atoms with Crippen molar-refractivity contribution in [2.24, 2.45) is 0 Å². The van der Waals surface area contributed by atoms with Crippen molar-refractivity contribution < 1.29 is 17.9 Å². The highest BCUT2D eigenvalue weighted by molar-refractivity contribution is 7.89. The Kier molecular flexibility index (Phi) is 5.71. The van der Waals surface area contributed by atoms with E-state index in [4.69, 9.17) is 10.00 Å². The van der Waals surface area contributed by atoms with E-state index >= 15 is 0 Å². The molecule has 1 amide bonds. The van der Waals surface area contributed by atoms with Crippen LogP contribution in [0.1, 0.15) is 18.4 Å². The second kappa shape index (κ2) is 7.55. The lowest BCUT2D eigenvalue weighted by molar-refractivity contribution is -0.121. The van der Waals surface area contributed by atoms with Gasteiger partial charge in [-0.3, -0.25) is 4.79 Å². The van der Waals surface area contributed by atoms with Crippen LogP contribution < -0.4 is 5.32 Å². The Balaban J connectivity index is 1.93. The van der Waals surface area contributed by atoms with Crippen LogP contribution in [0.2, 0.25) is 0 Å². The molecule has 7 nitrogen and oxygen atoms in total. The molecule has 0 unspecified atom stereocenters. The van der Waals surface area contributed by atoms with E-state index in [1.807, 2.05) is 6.07 Å². The van der Waals surface area contributed by atoms with Crippen LogP contribution in [-0.4, -0.2) is 51.5 Å². The molecule has 1 N–H and O–H groups in total. The molecule has 0 aromatic heterocycles. The number of rotatable bonds is 6. The number of hydrogen-bond donors (Lipinski definition) is 1. The molecular weight excluding hydrogens is 318 g/mol. The molecule has 2 rings (SSSR count). The molecule has 0 saturated carbocycles. The predicted molar refractivity (Wildman–Crippen MR) is 83.0 cm³/mol. The molecule has 1 fully saturated rings. The third kappa shape index (κ3) is 4.51. The van der Waals surface area contributed by atoms with Crippen molar-refractivity contribution in [1.29, 1.82) is 5.26 Å². The summed E-state index contributed by atoms with van der Waals surface area (Å²) in [5.41, 5.74) is 0.376. The number of hydrogen-bond acceptors (Lipinski definition) is 5. The van der Waals surface area contributed by atoms with Crippen molar-refractivity contribution in [3.05, 3.63) is 29.8 Å². The molecule has 0 bridgehead atoms. The van der Waals surface area contributed by atoms with Crippen LogP contribution >= 0.6 is 0 Å². The quantitative estimate of drug-likeness (QED) is 0.813. The van der Waals surface area contributed by atoms with Crippen LogP contribution in [-0.2, 0) is 19.6 Å². The van der Waals surface area contributed by atoms with Gasteiger partial charge in [-0.05, 0) is 37.1 Å². The Labute approximate surface area is 135 Å². The van der Waals surface area contributed by atoms with Crippen LogP contribution in [0.5, 0.6) is 0 Å². The van der Waals surface area contributed by atoms with Crippen molar-refractivity contribution in [2.45, 2.75) is 23.8 Å². The van der Waals surface area contributed by atoms with Crippen molar-refractivity contribution in [3.8, 4) is 6.07 Å². The topological polar surface area (TPSA) is 99.5 Å². The first kappa shape index (κ1) is 17.4. The summed E-state index contributed by atoms with van der Waals surface area (Å²) in [6, 6.07) is 7.50. The minimum atomic E-state index is -3.76. The lowest BCUT2D eigenvalue weighted by atomic mass is 10.2. The molecule has 0 aliphatic carbocycles. The Morgan fingerprint density at radius 3 is 2.70 bits per heavy atom. The summed E-state index contributed by atoms with van der Waals surface area (Å²) in [5.74, 6) is -0.375. The summed E-state index contributed by atoms with van der Waals surface area (Å²) < 4.78 is 31.1. The van der Waals surface area contributed by atoms with Crippen LogP contribution in [0.15, 0.2) is 29.2 Å². The normalized spacial score (nSPS) is 17.9. The number of sulfonamides is 1. The van der Waals surface area contributed by atoms with Gasteiger partial charge in [-0.15, -0.1) is 0 Å². The molecular formula is C15H19N3O4S. The largest absolute Gasteiger partial charge is 0.376 e. The first-order chi connectivity index (χ1) is 10.9. The average molecular weight is 337 g/mol. The monoisotopic (exact) mass is 337 g/mol. The number of carbonyl (C=O) groups is 1. The van der Waals surface area contributed by atoms with Gasteiger partial charge < -0.3 is 10.1 Å². The molecule has 1 heterocycles. The van der Waals surface area contributed by atoms with Gasteiger partial charge in [0.15, 0.2) is 0 Å². The third-order valence-corrected chi connectivity index (χ3v) is 5.43. The molecule has 1 aromatic carbocycles. The molecule has 8 heteroatoms.